The van der Waals surface area contributed by atoms with Gasteiger partial charge in [0.2, 0.25) is 5.91 Å². The number of aliphatic imine (C=N–C) groups is 1. The molecule has 166 valence electrons. The summed E-state index contributed by atoms with van der Waals surface area (Å²) in [4.78, 5) is 28.8. The van der Waals surface area contributed by atoms with E-state index in [1.807, 2.05) is 47.4 Å². The first-order valence-corrected chi connectivity index (χ1v) is 9.89. The number of hydrogen-bond acceptors (Lipinski definition) is 4. The van der Waals surface area contributed by atoms with E-state index in [0.717, 1.165) is 29.8 Å². The highest BCUT2D eigenvalue weighted by Gasteiger charge is 2.21. The predicted octanol–water partition coefficient (Wildman–Crippen LogP) is 2.16. The minimum absolute atomic E-state index is 0. The Morgan fingerprint density at radius 2 is 1.84 bits per heavy atom. The van der Waals surface area contributed by atoms with Gasteiger partial charge in [-0.2, -0.15) is 0 Å². The second kappa shape index (κ2) is 12.1. The van der Waals surface area contributed by atoms with Crippen LogP contribution in [0.25, 0.3) is 0 Å². The summed E-state index contributed by atoms with van der Waals surface area (Å²) in [6.45, 7) is 1.80. The lowest BCUT2D eigenvalue weighted by Gasteiger charge is -2.16. The Kier molecular flexibility index (Phi) is 9.57. The Labute approximate surface area is 199 Å². The molecule has 0 spiro atoms. The number of carbonyl (C=O) groups is 2. The van der Waals surface area contributed by atoms with E-state index < -0.39 is 5.91 Å². The summed E-state index contributed by atoms with van der Waals surface area (Å²) in [6.07, 6.45) is 1.55. The third-order valence-electron chi connectivity index (χ3n) is 4.74. The largest absolute Gasteiger partial charge is 0.484 e. The van der Waals surface area contributed by atoms with Crippen molar-refractivity contribution in [2.45, 2.75) is 25.9 Å². The molecule has 1 heterocycles. The molecule has 1 aliphatic heterocycles. The van der Waals surface area contributed by atoms with Crippen LogP contribution in [0.1, 0.15) is 24.0 Å². The Balaban J connectivity index is 0.00000341. The molecule has 8 nitrogen and oxygen atoms in total. The molecule has 9 heteroatoms. The summed E-state index contributed by atoms with van der Waals surface area (Å²) in [5, 5.41) is 6.52. The Morgan fingerprint density at radius 1 is 1.13 bits per heavy atom. The van der Waals surface area contributed by atoms with Crippen LogP contribution in [-0.4, -0.2) is 38.0 Å². The highest BCUT2D eigenvalue weighted by molar-refractivity contribution is 14.0. The lowest BCUT2D eigenvalue weighted by Crippen LogP contribution is -2.36. The highest BCUT2D eigenvalue weighted by Crippen LogP contribution is 2.21. The normalized spacial score (nSPS) is 13.5. The first kappa shape index (κ1) is 24.4. The van der Waals surface area contributed by atoms with Crippen molar-refractivity contribution in [3.63, 3.8) is 0 Å². The third-order valence-corrected chi connectivity index (χ3v) is 4.74. The number of nitrogens with two attached hydrogens (primary N) is 1. The van der Waals surface area contributed by atoms with Gasteiger partial charge >= 0.3 is 0 Å². The summed E-state index contributed by atoms with van der Waals surface area (Å²) in [5.41, 5.74) is 8.13. The van der Waals surface area contributed by atoms with Gasteiger partial charge in [0.15, 0.2) is 12.6 Å². The molecule has 2 aromatic rings. The molecule has 3 rings (SSSR count). The van der Waals surface area contributed by atoms with E-state index in [2.05, 4.69) is 15.6 Å². The predicted molar refractivity (Wildman–Crippen MR) is 132 cm³/mol. The number of nitrogens with one attached hydrogen (secondary N) is 2. The van der Waals surface area contributed by atoms with E-state index in [9.17, 15) is 9.59 Å². The van der Waals surface area contributed by atoms with Crippen molar-refractivity contribution in [3.8, 4) is 5.75 Å². The molecule has 2 aromatic carbocycles. The van der Waals surface area contributed by atoms with Crippen molar-refractivity contribution < 1.29 is 14.3 Å². The van der Waals surface area contributed by atoms with Crippen LogP contribution in [0.3, 0.4) is 0 Å². The van der Waals surface area contributed by atoms with E-state index in [4.69, 9.17) is 10.5 Å². The molecule has 0 aromatic heterocycles. The summed E-state index contributed by atoms with van der Waals surface area (Å²) in [7, 11) is 1.71. The Bertz CT molecular complexity index is 918. The van der Waals surface area contributed by atoms with Gasteiger partial charge < -0.3 is 26.0 Å². The number of amides is 2. The summed E-state index contributed by atoms with van der Waals surface area (Å²) in [5.74, 6) is 0.933. The lowest BCUT2D eigenvalue weighted by molar-refractivity contribution is -0.120. The summed E-state index contributed by atoms with van der Waals surface area (Å²) < 4.78 is 5.33. The topological polar surface area (TPSA) is 109 Å². The maximum absolute atomic E-state index is 11.9. The second-order valence-electron chi connectivity index (χ2n) is 7.00. The highest BCUT2D eigenvalue weighted by atomic mass is 127. The fourth-order valence-corrected chi connectivity index (χ4v) is 3.21. The van der Waals surface area contributed by atoms with Gasteiger partial charge in [-0.15, -0.1) is 24.0 Å². The van der Waals surface area contributed by atoms with Gasteiger partial charge in [-0.05, 0) is 41.8 Å². The van der Waals surface area contributed by atoms with Crippen molar-refractivity contribution in [2.24, 2.45) is 10.7 Å². The van der Waals surface area contributed by atoms with Crippen LogP contribution in [0.2, 0.25) is 0 Å². The van der Waals surface area contributed by atoms with Crippen LogP contribution in [0, 0.1) is 0 Å². The molecule has 2 amide bonds. The quantitative estimate of drug-likeness (QED) is 0.272. The molecular weight excluding hydrogens is 509 g/mol. The molecule has 1 aliphatic rings. The number of guanidine groups is 1. The van der Waals surface area contributed by atoms with Gasteiger partial charge in [0.25, 0.3) is 5.91 Å². The molecule has 0 bridgehead atoms. The SMILES string of the molecule is CN=C(NCc1ccc(N2CCCC2=O)cc1)NCc1cccc(OCC(N)=O)c1.I. The molecular formula is C22H28IN5O3. The van der Waals surface area contributed by atoms with Crippen LogP contribution in [-0.2, 0) is 22.7 Å². The number of nitrogens with zero attached hydrogens (tertiary/aromatic N) is 2. The van der Waals surface area contributed by atoms with Crippen LogP contribution in [0.5, 0.6) is 5.75 Å². The Morgan fingerprint density at radius 3 is 2.45 bits per heavy atom. The first-order valence-electron chi connectivity index (χ1n) is 9.89. The third kappa shape index (κ3) is 7.42. The maximum atomic E-state index is 11.9. The van der Waals surface area contributed by atoms with E-state index in [0.29, 0.717) is 31.2 Å². The number of anilines is 1. The molecule has 4 N–H and O–H groups in total. The van der Waals surface area contributed by atoms with Crippen LogP contribution in [0.4, 0.5) is 5.69 Å². The molecule has 0 atom stereocenters. The molecule has 0 radical (unpaired) electrons. The fraction of sp³-hybridized carbons (Fsp3) is 0.318. The Hall–Kier alpha value is -2.82. The standard InChI is InChI=1S/C22H27N5O3.HI/c1-24-22(26-14-17-4-2-5-19(12-17)30-15-20(23)28)25-13-16-7-9-18(10-8-16)27-11-3-6-21(27)29;/h2,4-5,7-10,12H,3,6,11,13-15H2,1H3,(H2,23,28)(H2,24,25,26);1H. The lowest BCUT2D eigenvalue weighted by atomic mass is 10.2. The van der Waals surface area contributed by atoms with E-state index in [1.165, 1.54) is 0 Å². The minimum atomic E-state index is -0.511. The number of primary amides is 1. The molecule has 0 unspecified atom stereocenters. The average Bonchev–Trinajstić information content (AvgIpc) is 3.19. The number of rotatable bonds is 8. The summed E-state index contributed by atoms with van der Waals surface area (Å²) in [6, 6.07) is 15.4. The van der Waals surface area contributed by atoms with Crippen molar-refractivity contribution in [1.29, 1.82) is 0 Å². The monoisotopic (exact) mass is 537 g/mol. The first-order chi connectivity index (χ1) is 14.5. The van der Waals surface area contributed by atoms with E-state index >= 15 is 0 Å². The molecule has 0 saturated carbocycles. The second-order valence-corrected chi connectivity index (χ2v) is 7.00. The van der Waals surface area contributed by atoms with Crippen molar-refractivity contribution in [1.82, 2.24) is 10.6 Å². The van der Waals surface area contributed by atoms with E-state index in [1.54, 1.807) is 13.1 Å². The van der Waals surface area contributed by atoms with Crippen LogP contribution < -0.4 is 26.0 Å². The van der Waals surface area contributed by atoms with Crippen molar-refractivity contribution in [2.75, 3.05) is 25.1 Å². The number of carbonyl (C=O) groups excluding carboxylic acids is 2. The average molecular weight is 537 g/mol. The number of ether oxygens (including phenoxy) is 1. The zero-order valence-electron chi connectivity index (χ0n) is 17.5. The van der Waals surface area contributed by atoms with Gasteiger partial charge in [-0.1, -0.05) is 24.3 Å². The van der Waals surface area contributed by atoms with Gasteiger partial charge in [0.05, 0.1) is 0 Å². The smallest absolute Gasteiger partial charge is 0.255 e. The fourth-order valence-electron chi connectivity index (χ4n) is 3.21. The number of benzene rings is 2. The van der Waals surface area contributed by atoms with Crippen molar-refractivity contribution in [3.05, 3.63) is 59.7 Å². The summed E-state index contributed by atoms with van der Waals surface area (Å²) >= 11 is 0. The minimum Gasteiger partial charge on any atom is -0.484 e. The zero-order chi connectivity index (χ0) is 21.3. The molecule has 31 heavy (non-hydrogen) atoms. The molecule has 1 saturated heterocycles. The number of hydrogen-bond donors (Lipinski definition) is 3. The van der Waals surface area contributed by atoms with Gasteiger partial charge in [0.1, 0.15) is 5.75 Å². The number of halogens is 1. The molecule has 1 fully saturated rings. The molecule has 0 aliphatic carbocycles. The van der Waals surface area contributed by atoms with Gasteiger partial charge in [-0.3, -0.25) is 14.6 Å². The van der Waals surface area contributed by atoms with Crippen LogP contribution in [0.15, 0.2) is 53.5 Å². The van der Waals surface area contributed by atoms with Gasteiger partial charge in [0, 0.05) is 38.8 Å². The van der Waals surface area contributed by atoms with Crippen molar-refractivity contribution >= 4 is 47.4 Å². The van der Waals surface area contributed by atoms with E-state index in [-0.39, 0.29) is 36.5 Å². The zero-order valence-corrected chi connectivity index (χ0v) is 19.8. The van der Waals surface area contributed by atoms with Gasteiger partial charge in [-0.25, -0.2) is 0 Å². The maximum Gasteiger partial charge on any atom is 0.255 e. The van der Waals surface area contributed by atoms with Crippen LogP contribution >= 0.6 is 24.0 Å².